The highest BCUT2D eigenvalue weighted by Crippen LogP contribution is 2.31. The summed E-state index contributed by atoms with van der Waals surface area (Å²) >= 11 is 0. The van der Waals surface area contributed by atoms with E-state index in [2.05, 4.69) is 0 Å². The fourth-order valence-corrected chi connectivity index (χ4v) is 0.980. The molecule has 13 heavy (non-hydrogen) atoms. The lowest BCUT2D eigenvalue weighted by atomic mass is 9.76. The van der Waals surface area contributed by atoms with Crippen LogP contribution in [0.1, 0.15) is 33.6 Å². The molecule has 0 aliphatic carbocycles. The minimum Gasteiger partial charge on any atom is -0.481 e. The van der Waals surface area contributed by atoms with Crippen molar-refractivity contribution in [1.82, 2.24) is 0 Å². The molecule has 0 aliphatic rings. The van der Waals surface area contributed by atoms with Crippen LogP contribution >= 0.6 is 0 Å². The van der Waals surface area contributed by atoms with Gasteiger partial charge in [0.15, 0.2) is 0 Å². The molecule has 2 N–H and O–H groups in total. The molecule has 0 spiro atoms. The minimum absolute atomic E-state index is 0.0185. The maximum Gasteiger partial charge on any atom is 0.306 e. The predicted octanol–water partition coefficient (Wildman–Crippen LogP) is 1.60. The molecule has 0 aromatic carbocycles. The van der Waals surface area contributed by atoms with Crippen molar-refractivity contribution in [3.8, 4) is 0 Å². The second-order valence-electron chi connectivity index (χ2n) is 3.94. The standard InChI is InChI=1S/C9H16O4/c1-6(8(12)13)9(2,3)5-4-7(10)11/h6H,4-5H2,1-3H3,(H,10,11)(H,12,13). The maximum absolute atomic E-state index is 10.6. The van der Waals surface area contributed by atoms with Gasteiger partial charge in [0.2, 0.25) is 0 Å². The maximum atomic E-state index is 10.6. The van der Waals surface area contributed by atoms with Crippen molar-refractivity contribution in [3.63, 3.8) is 0 Å². The van der Waals surface area contributed by atoms with Gasteiger partial charge >= 0.3 is 11.9 Å². The summed E-state index contributed by atoms with van der Waals surface area (Å²) in [5, 5.41) is 17.2. The Balaban J connectivity index is 4.21. The summed E-state index contributed by atoms with van der Waals surface area (Å²) < 4.78 is 0. The Hall–Kier alpha value is -1.06. The smallest absolute Gasteiger partial charge is 0.306 e. The van der Waals surface area contributed by atoms with Crippen LogP contribution in [0.4, 0.5) is 0 Å². The highest BCUT2D eigenvalue weighted by molar-refractivity contribution is 5.71. The quantitative estimate of drug-likeness (QED) is 0.687. The fraction of sp³-hybridized carbons (Fsp3) is 0.778. The number of carboxylic acids is 2. The van der Waals surface area contributed by atoms with Crippen molar-refractivity contribution in [2.24, 2.45) is 11.3 Å². The van der Waals surface area contributed by atoms with Crippen LogP contribution in [0.5, 0.6) is 0 Å². The first-order chi connectivity index (χ1) is 5.77. The summed E-state index contributed by atoms with van der Waals surface area (Å²) in [6.45, 7) is 5.15. The van der Waals surface area contributed by atoms with Crippen molar-refractivity contribution < 1.29 is 19.8 Å². The van der Waals surface area contributed by atoms with Crippen LogP contribution in [-0.4, -0.2) is 22.2 Å². The van der Waals surface area contributed by atoms with Crippen LogP contribution < -0.4 is 0 Å². The predicted molar refractivity (Wildman–Crippen MR) is 47.5 cm³/mol. The van der Waals surface area contributed by atoms with E-state index in [1.165, 1.54) is 0 Å². The van der Waals surface area contributed by atoms with E-state index in [-0.39, 0.29) is 6.42 Å². The Labute approximate surface area is 77.6 Å². The number of carbonyl (C=O) groups is 2. The first-order valence-corrected chi connectivity index (χ1v) is 4.22. The van der Waals surface area contributed by atoms with E-state index in [9.17, 15) is 9.59 Å². The molecule has 0 heterocycles. The Morgan fingerprint density at radius 2 is 1.77 bits per heavy atom. The molecule has 0 fully saturated rings. The molecule has 0 amide bonds. The molecule has 1 unspecified atom stereocenters. The Kier molecular flexibility index (Phi) is 3.91. The van der Waals surface area contributed by atoms with Gasteiger partial charge < -0.3 is 10.2 Å². The summed E-state index contributed by atoms with van der Waals surface area (Å²) in [6.07, 6.45) is 0.403. The third-order valence-corrected chi connectivity index (χ3v) is 2.53. The van der Waals surface area contributed by atoms with Gasteiger partial charge in [0.1, 0.15) is 0 Å². The lowest BCUT2D eigenvalue weighted by Crippen LogP contribution is -2.29. The molecule has 0 saturated heterocycles. The molecule has 0 aliphatic heterocycles. The number of rotatable bonds is 5. The van der Waals surface area contributed by atoms with E-state index < -0.39 is 23.3 Å². The van der Waals surface area contributed by atoms with Crippen molar-refractivity contribution >= 4 is 11.9 Å². The van der Waals surface area contributed by atoms with Crippen LogP contribution in [0.3, 0.4) is 0 Å². The van der Waals surface area contributed by atoms with Gasteiger partial charge in [0.25, 0.3) is 0 Å². The molecular formula is C9H16O4. The van der Waals surface area contributed by atoms with Gasteiger partial charge in [-0.2, -0.15) is 0 Å². The van der Waals surface area contributed by atoms with Crippen LogP contribution in [0.25, 0.3) is 0 Å². The molecule has 4 nitrogen and oxygen atoms in total. The Morgan fingerprint density at radius 1 is 1.31 bits per heavy atom. The number of carboxylic acid groups (broad SMARTS) is 2. The van der Waals surface area contributed by atoms with E-state index in [1.807, 2.05) is 0 Å². The van der Waals surface area contributed by atoms with Gasteiger partial charge in [-0.3, -0.25) is 9.59 Å². The first-order valence-electron chi connectivity index (χ1n) is 4.22. The highest BCUT2D eigenvalue weighted by atomic mass is 16.4. The zero-order valence-corrected chi connectivity index (χ0v) is 8.20. The SMILES string of the molecule is CC(C(=O)O)C(C)(C)CCC(=O)O. The van der Waals surface area contributed by atoms with Crippen LogP contribution in [0.2, 0.25) is 0 Å². The Bertz CT molecular complexity index is 208. The molecule has 4 heteroatoms. The molecule has 0 bridgehead atoms. The third-order valence-electron chi connectivity index (χ3n) is 2.53. The molecule has 0 saturated carbocycles. The molecule has 0 rings (SSSR count). The first kappa shape index (κ1) is 11.9. The number of hydrogen-bond acceptors (Lipinski definition) is 2. The Morgan fingerprint density at radius 3 is 2.08 bits per heavy atom. The van der Waals surface area contributed by atoms with Gasteiger partial charge in [-0.15, -0.1) is 0 Å². The van der Waals surface area contributed by atoms with E-state index >= 15 is 0 Å². The second kappa shape index (κ2) is 4.25. The summed E-state index contributed by atoms with van der Waals surface area (Å²) in [5.41, 5.74) is -0.468. The third kappa shape index (κ3) is 3.92. The van der Waals surface area contributed by atoms with E-state index in [1.54, 1.807) is 20.8 Å². The largest absolute Gasteiger partial charge is 0.481 e. The van der Waals surface area contributed by atoms with E-state index in [0.717, 1.165) is 0 Å². The van der Waals surface area contributed by atoms with Crippen molar-refractivity contribution in [2.45, 2.75) is 33.6 Å². The van der Waals surface area contributed by atoms with Crippen LogP contribution in [0.15, 0.2) is 0 Å². The van der Waals surface area contributed by atoms with Crippen molar-refractivity contribution in [1.29, 1.82) is 0 Å². The molecule has 1 atom stereocenters. The lowest BCUT2D eigenvalue weighted by Gasteiger charge is -2.28. The fourth-order valence-electron chi connectivity index (χ4n) is 0.980. The minimum atomic E-state index is -0.884. The van der Waals surface area contributed by atoms with Gasteiger partial charge in [-0.1, -0.05) is 20.8 Å². The van der Waals surface area contributed by atoms with Crippen molar-refractivity contribution in [2.75, 3.05) is 0 Å². The molecule has 76 valence electrons. The second-order valence-corrected chi connectivity index (χ2v) is 3.94. The zero-order chi connectivity index (χ0) is 10.6. The van der Waals surface area contributed by atoms with Crippen LogP contribution in [-0.2, 0) is 9.59 Å². The number of aliphatic carboxylic acids is 2. The average Bonchev–Trinajstić information content (AvgIpc) is 1.99. The molecule has 0 aromatic heterocycles. The van der Waals surface area contributed by atoms with E-state index in [4.69, 9.17) is 10.2 Å². The summed E-state index contributed by atoms with van der Waals surface area (Å²) in [5.74, 6) is -2.28. The normalized spacial score (nSPS) is 13.8. The monoisotopic (exact) mass is 188 g/mol. The van der Waals surface area contributed by atoms with Gasteiger partial charge in [-0.25, -0.2) is 0 Å². The average molecular weight is 188 g/mol. The van der Waals surface area contributed by atoms with Crippen LogP contribution in [0, 0.1) is 11.3 Å². The molecule has 0 radical (unpaired) electrons. The summed E-state index contributed by atoms with van der Waals surface area (Å²) in [6, 6.07) is 0. The van der Waals surface area contributed by atoms with Gasteiger partial charge in [0.05, 0.1) is 5.92 Å². The topological polar surface area (TPSA) is 74.6 Å². The number of hydrogen-bond donors (Lipinski definition) is 2. The summed E-state index contributed by atoms with van der Waals surface area (Å²) in [7, 11) is 0. The molecular weight excluding hydrogens is 172 g/mol. The highest BCUT2D eigenvalue weighted by Gasteiger charge is 2.31. The van der Waals surface area contributed by atoms with E-state index in [0.29, 0.717) is 6.42 Å². The molecule has 0 aromatic rings. The lowest BCUT2D eigenvalue weighted by molar-refractivity contribution is -0.146. The zero-order valence-electron chi connectivity index (χ0n) is 8.20. The summed E-state index contributed by atoms with van der Waals surface area (Å²) in [4.78, 5) is 20.9. The van der Waals surface area contributed by atoms with Gasteiger partial charge in [-0.05, 0) is 11.8 Å². The van der Waals surface area contributed by atoms with Crippen molar-refractivity contribution in [3.05, 3.63) is 0 Å². The van der Waals surface area contributed by atoms with Gasteiger partial charge in [0, 0.05) is 6.42 Å².